The first-order chi connectivity index (χ1) is 9.56. The first kappa shape index (κ1) is 12.9. The van der Waals surface area contributed by atoms with Crippen LogP contribution in [-0.2, 0) is 9.84 Å². The van der Waals surface area contributed by atoms with Crippen molar-refractivity contribution in [3.8, 4) is 5.75 Å². The second kappa shape index (κ2) is 4.76. The summed E-state index contributed by atoms with van der Waals surface area (Å²) in [6, 6.07) is 12.7. The van der Waals surface area contributed by atoms with E-state index in [0.29, 0.717) is 16.9 Å². The minimum Gasteiger partial charge on any atom is -0.489 e. The fourth-order valence-electron chi connectivity index (χ4n) is 2.11. The van der Waals surface area contributed by atoms with Crippen molar-refractivity contribution >= 4 is 15.4 Å². The van der Waals surface area contributed by atoms with Gasteiger partial charge in [-0.3, -0.25) is 0 Å². The van der Waals surface area contributed by atoms with Crippen LogP contribution in [0.3, 0.4) is 0 Å². The van der Waals surface area contributed by atoms with E-state index in [1.807, 2.05) is 18.2 Å². The highest BCUT2D eigenvalue weighted by Gasteiger charge is 2.27. The number of halogens is 1. The standard InChI is InChI=1S/C15H11FO3S/c16-12-6-7-15-14(8-12)11(10-20(15,17)18)9-19-13-4-2-1-3-5-13/h1-8,10H,9H2. The molecule has 102 valence electrons. The molecule has 3 rings (SSSR count). The Morgan fingerprint density at radius 3 is 2.55 bits per heavy atom. The highest BCUT2D eigenvalue weighted by molar-refractivity contribution is 7.95. The van der Waals surface area contributed by atoms with Crippen LogP contribution in [0.1, 0.15) is 5.56 Å². The largest absolute Gasteiger partial charge is 0.489 e. The van der Waals surface area contributed by atoms with E-state index in [-0.39, 0.29) is 11.5 Å². The zero-order chi connectivity index (χ0) is 14.2. The van der Waals surface area contributed by atoms with Crippen LogP contribution in [0.4, 0.5) is 4.39 Å². The first-order valence-corrected chi connectivity index (χ1v) is 7.54. The maximum absolute atomic E-state index is 13.3. The topological polar surface area (TPSA) is 43.4 Å². The third-order valence-corrected chi connectivity index (χ3v) is 4.59. The van der Waals surface area contributed by atoms with Crippen molar-refractivity contribution in [1.29, 1.82) is 0 Å². The van der Waals surface area contributed by atoms with Gasteiger partial charge in [0, 0.05) is 16.5 Å². The second-order valence-electron chi connectivity index (χ2n) is 4.43. The molecule has 20 heavy (non-hydrogen) atoms. The predicted molar refractivity (Wildman–Crippen MR) is 73.5 cm³/mol. The molecule has 0 atom stereocenters. The van der Waals surface area contributed by atoms with Gasteiger partial charge in [0.15, 0.2) is 0 Å². The summed E-state index contributed by atoms with van der Waals surface area (Å²) in [5, 5.41) is 1.14. The summed E-state index contributed by atoms with van der Waals surface area (Å²) in [5.74, 6) is 0.169. The molecule has 0 aromatic heterocycles. The van der Waals surface area contributed by atoms with E-state index in [1.54, 1.807) is 12.1 Å². The average Bonchev–Trinajstić information content (AvgIpc) is 2.68. The van der Waals surface area contributed by atoms with E-state index >= 15 is 0 Å². The molecule has 1 aliphatic heterocycles. The van der Waals surface area contributed by atoms with Crippen molar-refractivity contribution in [2.45, 2.75) is 4.90 Å². The molecule has 0 aliphatic carbocycles. The Kier molecular flexibility index (Phi) is 3.06. The lowest BCUT2D eigenvalue weighted by molar-refractivity contribution is 0.370. The molecule has 0 bridgehead atoms. The van der Waals surface area contributed by atoms with Crippen LogP contribution in [0.2, 0.25) is 0 Å². The van der Waals surface area contributed by atoms with E-state index in [1.165, 1.54) is 12.1 Å². The smallest absolute Gasteiger partial charge is 0.200 e. The molecule has 0 radical (unpaired) electrons. The normalized spacial score (nSPS) is 15.6. The van der Waals surface area contributed by atoms with Gasteiger partial charge in [0.2, 0.25) is 9.84 Å². The van der Waals surface area contributed by atoms with Crippen molar-refractivity contribution in [1.82, 2.24) is 0 Å². The molecule has 1 aliphatic rings. The van der Waals surface area contributed by atoms with E-state index < -0.39 is 15.7 Å². The molecule has 2 aromatic carbocycles. The molecule has 0 saturated carbocycles. The molecule has 0 amide bonds. The number of hydrogen-bond donors (Lipinski definition) is 0. The van der Waals surface area contributed by atoms with Crippen molar-refractivity contribution in [2.75, 3.05) is 6.61 Å². The van der Waals surface area contributed by atoms with Crippen LogP contribution in [0, 0.1) is 5.82 Å². The van der Waals surface area contributed by atoms with E-state index in [0.717, 1.165) is 11.5 Å². The lowest BCUT2D eigenvalue weighted by atomic mass is 10.1. The zero-order valence-corrected chi connectivity index (χ0v) is 11.2. The lowest BCUT2D eigenvalue weighted by Crippen LogP contribution is -1.99. The fourth-order valence-corrected chi connectivity index (χ4v) is 3.56. The Morgan fingerprint density at radius 1 is 1.05 bits per heavy atom. The number of sulfone groups is 1. The van der Waals surface area contributed by atoms with E-state index in [9.17, 15) is 12.8 Å². The van der Waals surface area contributed by atoms with E-state index in [4.69, 9.17) is 4.74 Å². The molecule has 5 heteroatoms. The van der Waals surface area contributed by atoms with Crippen molar-refractivity contribution < 1.29 is 17.5 Å². The highest BCUT2D eigenvalue weighted by Crippen LogP contribution is 2.34. The van der Waals surface area contributed by atoms with Gasteiger partial charge in [0.1, 0.15) is 18.2 Å². The molecule has 0 fully saturated rings. The maximum atomic E-state index is 13.3. The molecule has 0 spiro atoms. The van der Waals surface area contributed by atoms with Gasteiger partial charge < -0.3 is 4.74 Å². The minimum absolute atomic E-state index is 0.0830. The van der Waals surface area contributed by atoms with Crippen molar-refractivity contribution in [3.63, 3.8) is 0 Å². The monoisotopic (exact) mass is 290 g/mol. The summed E-state index contributed by atoms with van der Waals surface area (Å²) in [5.41, 5.74) is 0.837. The summed E-state index contributed by atoms with van der Waals surface area (Å²) in [7, 11) is -3.48. The van der Waals surface area contributed by atoms with Gasteiger partial charge in [0.25, 0.3) is 0 Å². The van der Waals surface area contributed by atoms with Gasteiger partial charge in [-0.15, -0.1) is 0 Å². The summed E-state index contributed by atoms with van der Waals surface area (Å²) >= 11 is 0. The Bertz CT molecular complexity index is 780. The van der Waals surface area contributed by atoms with Crippen LogP contribution in [-0.4, -0.2) is 15.0 Å². The third kappa shape index (κ3) is 2.32. The number of rotatable bonds is 3. The summed E-state index contributed by atoms with van der Waals surface area (Å²) in [6.07, 6.45) is 0. The van der Waals surface area contributed by atoms with Crippen molar-refractivity contribution in [3.05, 3.63) is 65.3 Å². The molecule has 1 heterocycles. The molecule has 0 N–H and O–H groups in total. The Balaban J connectivity index is 1.91. The van der Waals surface area contributed by atoms with Gasteiger partial charge in [-0.05, 0) is 30.3 Å². The SMILES string of the molecule is O=S1(=O)C=C(COc2ccccc2)c2cc(F)ccc21. The van der Waals surface area contributed by atoms with Gasteiger partial charge in [-0.2, -0.15) is 0 Å². The average molecular weight is 290 g/mol. The Morgan fingerprint density at radius 2 is 1.80 bits per heavy atom. The van der Waals surface area contributed by atoms with Gasteiger partial charge in [-0.25, -0.2) is 12.8 Å². The van der Waals surface area contributed by atoms with Gasteiger partial charge >= 0.3 is 0 Å². The quantitative estimate of drug-likeness (QED) is 0.816. The maximum Gasteiger partial charge on any atom is 0.200 e. The fraction of sp³-hybridized carbons (Fsp3) is 0.0667. The molecule has 0 unspecified atom stereocenters. The zero-order valence-electron chi connectivity index (χ0n) is 10.4. The third-order valence-electron chi connectivity index (χ3n) is 3.03. The van der Waals surface area contributed by atoms with Gasteiger partial charge in [-0.1, -0.05) is 18.2 Å². The molecule has 2 aromatic rings. The highest BCUT2D eigenvalue weighted by atomic mass is 32.2. The van der Waals surface area contributed by atoms with Gasteiger partial charge in [0.05, 0.1) is 4.90 Å². The number of para-hydroxylation sites is 1. The number of hydrogen-bond acceptors (Lipinski definition) is 3. The molecular formula is C15H11FO3S. The first-order valence-electron chi connectivity index (χ1n) is 6.00. The Hall–Kier alpha value is -2.14. The summed E-state index contributed by atoms with van der Waals surface area (Å²) in [4.78, 5) is 0.130. The molecule has 3 nitrogen and oxygen atoms in total. The number of benzene rings is 2. The molecular weight excluding hydrogens is 279 g/mol. The number of fused-ring (bicyclic) bond motifs is 1. The number of ether oxygens (including phenoxy) is 1. The predicted octanol–water partition coefficient (Wildman–Crippen LogP) is 3.03. The van der Waals surface area contributed by atoms with Crippen LogP contribution in [0.5, 0.6) is 5.75 Å². The second-order valence-corrected chi connectivity index (χ2v) is 6.20. The lowest BCUT2D eigenvalue weighted by Gasteiger charge is -2.07. The summed E-state index contributed by atoms with van der Waals surface area (Å²) < 4.78 is 42.7. The van der Waals surface area contributed by atoms with Crippen LogP contribution < -0.4 is 4.74 Å². The van der Waals surface area contributed by atoms with Crippen molar-refractivity contribution in [2.24, 2.45) is 0 Å². The minimum atomic E-state index is -3.48. The van der Waals surface area contributed by atoms with Crippen LogP contribution in [0.15, 0.2) is 58.8 Å². The van der Waals surface area contributed by atoms with Crippen LogP contribution in [0.25, 0.3) is 5.57 Å². The molecule has 0 saturated heterocycles. The van der Waals surface area contributed by atoms with Crippen LogP contribution >= 0.6 is 0 Å². The Labute approximate surface area is 116 Å². The van der Waals surface area contributed by atoms with E-state index in [2.05, 4.69) is 0 Å². The summed E-state index contributed by atoms with van der Waals surface area (Å²) in [6.45, 7) is 0.0830.